The maximum absolute atomic E-state index is 12.8. The lowest BCUT2D eigenvalue weighted by molar-refractivity contribution is -0.118. The van der Waals surface area contributed by atoms with Crippen LogP contribution in [0.3, 0.4) is 0 Å². The van der Waals surface area contributed by atoms with Crippen molar-refractivity contribution in [2.75, 3.05) is 5.32 Å². The summed E-state index contributed by atoms with van der Waals surface area (Å²) < 4.78 is 0. The van der Waals surface area contributed by atoms with Crippen LogP contribution < -0.4 is 10.6 Å². The first-order chi connectivity index (χ1) is 12.3. The van der Waals surface area contributed by atoms with E-state index in [0.717, 1.165) is 22.4 Å². The van der Waals surface area contributed by atoms with Crippen LogP contribution in [0.4, 0.5) is 5.69 Å². The van der Waals surface area contributed by atoms with Crippen molar-refractivity contribution in [2.45, 2.75) is 47.1 Å². The van der Waals surface area contributed by atoms with Gasteiger partial charge in [0, 0.05) is 11.3 Å². The summed E-state index contributed by atoms with van der Waals surface area (Å²) in [7, 11) is 0. The molecule has 0 aliphatic carbocycles. The average molecular weight is 352 g/mol. The predicted molar refractivity (Wildman–Crippen MR) is 106 cm³/mol. The molecule has 0 spiro atoms. The Bertz CT molecular complexity index is 796. The Morgan fingerprint density at radius 3 is 2.23 bits per heavy atom. The summed E-state index contributed by atoms with van der Waals surface area (Å²) in [5.41, 5.74) is 4.43. The van der Waals surface area contributed by atoms with Crippen LogP contribution >= 0.6 is 0 Å². The molecule has 0 radical (unpaired) electrons. The van der Waals surface area contributed by atoms with Gasteiger partial charge in [-0.25, -0.2) is 0 Å². The number of aryl methyl sites for hydroxylation is 2. The molecule has 2 amide bonds. The van der Waals surface area contributed by atoms with Crippen molar-refractivity contribution in [1.29, 1.82) is 0 Å². The minimum absolute atomic E-state index is 0.186. The van der Waals surface area contributed by atoms with Gasteiger partial charge in [-0.1, -0.05) is 44.2 Å². The lowest BCUT2D eigenvalue weighted by Gasteiger charge is -2.21. The van der Waals surface area contributed by atoms with Gasteiger partial charge in [-0.2, -0.15) is 0 Å². The van der Waals surface area contributed by atoms with E-state index in [2.05, 4.69) is 10.6 Å². The Balaban J connectivity index is 2.18. The number of anilines is 1. The van der Waals surface area contributed by atoms with Gasteiger partial charge in [0.2, 0.25) is 5.91 Å². The van der Waals surface area contributed by atoms with Gasteiger partial charge >= 0.3 is 0 Å². The van der Waals surface area contributed by atoms with Crippen molar-refractivity contribution in [3.05, 3.63) is 64.7 Å². The maximum atomic E-state index is 12.8. The lowest BCUT2D eigenvalue weighted by atomic mass is 10.0. The van der Waals surface area contributed by atoms with Crippen LogP contribution in [0.2, 0.25) is 0 Å². The average Bonchev–Trinajstić information content (AvgIpc) is 2.58. The number of rotatable bonds is 6. The van der Waals surface area contributed by atoms with E-state index in [4.69, 9.17) is 0 Å². The molecule has 0 saturated heterocycles. The van der Waals surface area contributed by atoms with Crippen molar-refractivity contribution >= 4 is 17.5 Å². The molecule has 26 heavy (non-hydrogen) atoms. The van der Waals surface area contributed by atoms with Gasteiger partial charge < -0.3 is 10.6 Å². The number of nitrogens with one attached hydrogen (secondary N) is 2. The molecule has 4 heteroatoms. The van der Waals surface area contributed by atoms with Crippen molar-refractivity contribution < 1.29 is 9.59 Å². The van der Waals surface area contributed by atoms with Crippen LogP contribution in [0.5, 0.6) is 0 Å². The maximum Gasteiger partial charge on any atom is 0.252 e. The Morgan fingerprint density at radius 2 is 1.58 bits per heavy atom. The molecular weight excluding hydrogens is 324 g/mol. The quantitative estimate of drug-likeness (QED) is 0.810. The predicted octanol–water partition coefficient (Wildman–Crippen LogP) is 4.40. The first-order valence-electron chi connectivity index (χ1n) is 9.03. The zero-order valence-corrected chi connectivity index (χ0v) is 16.2. The summed E-state index contributed by atoms with van der Waals surface area (Å²) in [6.07, 6.45) is 0.578. The summed E-state index contributed by atoms with van der Waals surface area (Å²) in [6, 6.07) is 12.6. The molecule has 0 aliphatic rings. The van der Waals surface area contributed by atoms with E-state index in [-0.39, 0.29) is 17.7 Å². The van der Waals surface area contributed by atoms with Gasteiger partial charge in [-0.3, -0.25) is 9.59 Å². The fourth-order valence-electron chi connectivity index (χ4n) is 2.87. The third kappa shape index (κ3) is 4.94. The van der Waals surface area contributed by atoms with Gasteiger partial charge in [0.05, 0.1) is 0 Å². The minimum atomic E-state index is -0.581. The summed E-state index contributed by atoms with van der Waals surface area (Å²) in [6.45, 7) is 9.96. The van der Waals surface area contributed by atoms with Crippen molar-refractivity contribution in [1.82, 2.24) is 5.32 Å². The molecule has 2 aromatic carbocycles. The monoisotopic (exact) mass is 352 g/mol. The number of carbonyl (C=O) groups excluding carboxylic acids is 2. The second-order valence-electron chi connectivity index (χ2n) is 7.21. The largest absolute Gasteiger partial charge is 0.340 e. The molecule has 0 aliphatic heterocycles. The molecule has 2 N–H and O–H groups in total. The molecule has 0 saturated carbocycles. The topological polar surface area (TPSA) is 58.2 Å². The SMILES string of the molecule is Cc1ccccc1C(=O)N[C@H](CC(C)C)C(=O)Nc1cccc(C)c1C. The van der Waals surface area contributed by atoms with Crippen LogP contribution in [0.25, 0.3) is 0 Å². The molecule has 0 heterocycles. The number of hydrogen-bond acceptors (Lipinski definition) is 2. The number of benzene rings is 2. The van der Waals surface area contributed by atoms with Crippen molar-refractivity contribution in [3.8, 4) is 0 Å². The van der Waals surface area contributed by atoms with Gasteiger partial charge in [0.1, 0.15) is 6.04 Å². The van der Waals surface area contributed by atoms with Crippen LogP contribution in [-0.4, -0.2) is 17.9 Å². The highest BCUT2D eigenvalue weighted by Gasteiger charge is 2.23. The molecule has 0 fully saturated rings. The molecule has 0 unspecified atom stereocenters. The van der Waals surface area contributed by atoms with Gasteiger partial charge in [-0.15, -0.1) is 0 Å². The highest BCUT2D eigenvalue weighted by atomic mass is 16.2. The highest BCUT2D eigenvalue weighted by molar-refractivity contribution is 6.02. The summed E-state index contributed by atoms with van der Waals surface area (Å²) >= 11 is 0. The molecule has 2 rings (SSSR count). The van der Waals surface area contributed by atoms with E-state index in [9.17, 15) is 9.59 Å². The first kappa shape index (κ1) is 19.7. The zero-order chi connectivity index (χ0) is 19.3. The van der Waals surface area contributed by atoms with E-state index >= 15 is 0 Å². The summed E-state index contributed by atoms with van der Waals surface area (Å²) in [4.78, 5) is 25.5. The normalized spacial score (nSPS) is 11.9. The molecule has 0 bridgehead atoms. The van der Waals surface area contributed by atoms with E-state index in [1.54, 1.807) is 6.07 Å². The van der Waals surface area contributed by atoms with Crippen molar-refractivity contribution in [2.24, 2.45) is 5.92 Å². The van der Waals surface area contributed by atoms with Crippen LogP contribution in [0.15, 0.2) is 42.5 Å². The van der Waals surface area contributed by atoms with Crippen molar-refractivity contribution in [3.63, 3.8) is 0 Å². The number of amides is 2. The zero-order valence-electron chi connectivity index (χ0n) is 16.2. The molecule has 1 atom stereocenters. The second kappa shape index (κ2) is 8.65. The molecule has 0 aromatic heterocycles. The standard InChI is InChI=1S/C22H28N2O2/c1-14(2)13-20(24-21(25)18-11-7-6-9-16(18)4)22(26)23-19-12-8-10-15(3)17(19)5/h6-12,14,20H,13H2,1-5H3,(H,23,26)(H,24,25)/t20-/m1/s1. The third-order valence-electron chi connectivity index (χ3n) is 4.58. The molecule has 138 valence electrons. The number of carbonyl (C=O) groups is 2. The second-order valence-corrected chi connectivity index (χ2v) is 7.21. The van der Waals surface area contributed by atoms with E-state index in [1.807, 2.05) is 71.0 Å². The highest BCUT2D eigenvalue weighted by Crippen LogP contribution is 2.19. The summed E-state index contributed by atoms with van der Waals surface area (Å²) in [5.74, 6) is -0.124. The molecule has 4 nitrogen and oxygen atoms in total. The van der Waals surface area contributed by atoms with E-state index in [1.165, 1.54) is 0 Å². The fraction of sp³-hybridized carbons (Fsp3) is 0.364. The van der Waals surface area contributed by atoms with Gasteiger partial charge in [0.15, 0.2) is 0 Å². The smallest absolute Gasteiger partial charge is 0.252 e. The first-order valence-corrected chi connectivity index (χ1v) is 9.03. The van der Waals surface area contributed by atoms with Crippen LogP contribution in [0.1, 0.15) is 47.3 Å². The Labute approximate surface area is 156 Å². The van der Waals surface area contributed by atoms with E-state index in [0.29, 0.717) is 12.0 Å². The Kier molecular flexibility index (Phi) is 6.56. The van der Waals surface area contributed by atoms with Gasteiger partial charge in [-0.05, 0) is 61.9 Å². The molecular formula is C22H28N2O2. The van der Waals surface area contributed by atoms with Gasteiger partial charge in [0.25, 0.3) is 5.91 Å². The minimum Gasteiger partial charge on any atom is -0.340 e. The van der Waals surface area contributed by atoms with Crippen LogP contribution in [0, 0.1) is 26.7 Å². The lowest BCUT2D eigenvalue weighted by Crippen LogP contribution is -2.44. The van der Waals surface area contributed by atoms with Crippen LogP contribution in [-0.2, 0) is 4.79 Å². The number of hydrogen-bond donors (Lipinski definition) is 2. The Hall–Kier alpha value is -2.62. The summed E-state index contributed by atoms with van der Waals surface area (Å²) in [5, 5.41) is 5.88. The third-order valence-corrected chi connectivity index (χ3v) is 4.58. The molecule has 2 aromatic rings. The fourth-order valence-corrected chi connectivity index (χ4v) is 2.87. The van der Waals surface area contributed by atoms with E-state index < -0.39 is 6.04 Å². The Morgan fingerprint density at radius 1 is 0.923 bits per heavy atom.